The van der Waals surface area contributed by atoms with Crippen molar-refractivity contribution in [2.24, 2.45) is 0 Å². The first-order valence-corrected chi connectivity index (χ1v) is 12.5. The highest BCUT2D eigenvalue weighted by atomic mass is 31.2. The predicted octanol–water partition coefficient (Wildman–Crippen LogP) is 0.679. The van der Waals surface area contributed by atoms with Crippen molar-refractivity contribution in [1.29, 1.82) is 0 Å². The Bertz CT molecular complexity index is 1300. The Morgan fingerprint density at radius 1 is 1.31 bits per heavy atom. The number of aliphatic hydroxyl groups is 2. The maximum atomic E-state index is 13.8. The topological polar surface area (TPSA) is 178 Å². The van der Waals surface area contributed by atoms with E-state index in [-0.39, 0.29) is 5.75 Å². The minimum absolute atomic E-state index is 0.00103. The lowest BCUT2D eigenvalue weighted by Gasteiger charge is -2.27. The van der Waals surface area contributed by atoms with Gasteiger partial charge >= 0.3 is 19.4 Å². The molecule has 1 aliphatic heterocycles. The molecule has 0 saturated carbocycles. The molecule has 198 valence electrons. The highest BCUT2D eigenvalue weighted by molar-refractivity contribution is 7.52. The first-order valence-electron chi connectivity index (χ1n) is 12.0. The van der Waals surface area contributed by atoms with E-state index in [1.54, 1.807) is 32.0 Å². The number of hydrogen-bond acceptors (Lipinski definition) is 10. The summed E-state index contributed by atoms with van der Waals surface area (Å²) >= 11 is 0. The van der Waals surface area contributed by atoms with Crippen LogP contribution in [-0.2, 0) is 23.4 Å². The number of hydrogen-bond donors (Lipinski definition) is 4. The number of nitrogens with zero attached hydrogens (tertiary/aromatic N) is 1. The molecule has 0 aliphatic carbocycles. The Kier molecular flexibility index (Phi) is 7.65. The number of para-hydroxylation sites is 1. The standard InChI is InChI=1S/C22H30N3O10P/c1-13(2)33-19(28)14(3)24-36(31,35-15-8-6-5-7-9-15)32-12-16-18(27)22(4,30)20(34-16)25-11-10-17(26)23-21(25)29/h5-11,13-14,16,18,20,27,30H,12H2,1-4H3,(H,24,31)(H,23,26,29)/t14?,16-,18+,20+,22+,36+/m0/s1/i12D2. The number of aromatic amines is 1. The SMILES string of the molecule is [2H]C([2H])(O[P@](=O)(NC(C)C(=O)OC(C)C)Oc1ccccc1)[C@@H]1O[C@@H](n2ccc(=O)[nH]c2=O)[C@](C)(O)[C@@H]1O. The average molecular weight is 529 g/mol. The van der Waals surface area contributed by atoms with Gasteiger partial charge in [0.1, 0.15) is 29.6 Å². The van der Waals surface area contributed by atoms with E-state index >= 15 is 0 Å². The van der Waals surface area contributed by atoms with Gasteiger partial charge < -0.3 is 24.2 Å². The van der Waals surface area contributed by atoms with Crippen molar-refractivity contribution in [2.75, 3.05) is 6.56 Å². The van der Waals surface area contributed by atoms with Gasteiger partial charge in [-0.05, 0) is 39.8 Å². The van der Waals surface area contributed by atoms with E-state index in [1.807, 2.05) is 4.98 Å². The largest absolute Gasteiger partial charge is 0.462 e. The number of H-pyrrole nitrogens is 1. The summed E-state index contributed by atoms with van der Waals surface area (Å²) in [7, 11) is -4.76. The number of carbonyl (C=O) groups excluding carboxylic acids is 1. The fourth-order valence-electron chi connectivity index (χ4n) is 3.29. The number of aromatic nitrogens is 2. The van der Waals surface area contributed by atoms with Gasteiger partial charge in [0.15, 0.2) is 6.23 Å². The molecular formula is C22H30N3O10P. The Morgan fingerprint density at radius 2 is 1.97 bits per heavy atom. The zero-order valence-corrected chi connectivity index (χ0v) is 20.9. The molecular weight excluding hydrogens is 497 g/mol. The van der Waals surface area contributed by atoms with E-state index in [9.17, 15) is 29.2 Å². The molecule has 1 fully saturated rings. The molecule has 0 bridgehead atoms. The smallest absolute Gasteiger partial charge is 0.459 e. The molecule has 6 atom stereocenters. The van der Waals surface area contributed by atoms with Gasteiger partial charge in [-0.2, -0.15) is 5.09 Å². The number of carbonyl (C=O) groups is 1. The van der Waals surface area contributed by atoms with Crippen molar-refractivity contribution in [3.8, 4) is 5.75 Å². The van der Waals surface area contributed by atoms with Crippen LogP contribution in [-0.4, -0.2) is 62.2 Å². The second-order valence-electron chi connectivity index (χ2n) is 8.54. The molecule has 2 aromatic rings. The Morgan fingerprint density at radius 3 is 2.58 bits per heavy atom. The summed E-state index contributed by atoms with van der Waals surface area (Å²) in [5, 5.41) is 24.0. The van der Waals surface area contributed by atoms with Crippen LogP contribution in [0, 0.1) is 0 Å². The third-order valence-electron chi connectivity index (χ3n) is 5.08. The molecule has 0 amide bonds. The summed E-state index contributed by atoms with van der Waals surface area (Å²) in [6.07, 6.45) is -5.21. The number of aliphatic hydroxyl groups excluding tert-OH is 1. The van der Waals surface area contributed by atoms with E-state index in [1.165, 1.54) is 19.1 Å². The molecule has 1 saturated heterocycles. The van der Waals surface area contributed by atoms with Crippen molar-refractivity contribution in [3.63, 3.8) is 0 Å². The summed E-state index contributed by atoms with van der Waals surface area (Å²) in [4.78, 5) is 38.0. The van der Waals surface area contributed by atoms with E-state index in [0.29, 0.717) is 0 Å². The molecule has 2 heterocycles. The van der Waals surface area contributed by atoms with Crippen LogP contribution in [0.4, 0.5) is 0 Å². The average Bonchev–Trinajstić information content (AvgIpc) is 3.03. The van der Waals surface area contributed by atoms with E-state index in [0.717, 1.165) is 23.8 Å². The van der Waals surface area contributed by atoms with Crippen LogP contribution in [0.2, 0.25) is 0 Å². The van der Waals surface area contributed by atoms with Gasteiger partial charge in [0.2, 0.25) is 0 Å². The fraction of sp³-hybridized carbons (Fsp3) is 0.500. The Balaban J connectivity index is 1.93. The maximum absolute atomic E-state index is 13.8. The lowest BCUT2D eigenvalue weighted by atomic mass is 9.96. The molecule has 4 N–H and O–H groups in total. The van der Waals surface area contributed by atoms with Gasteiger partial charge in [0, 0.05) is 12.3 Å². The van der Waals surface area contributed by atoms with Crippen molar-refractivity contribution >= 4 is 13.7 Å². The maximum Gasteiger partial charge on any atom is 0.459 e. The van der Waals surface area contributed by atoms with E-state index < -0.39 is 67.7 Å². The van der Waals surface area contributed by atoms with Gasteiger partial charge in [-0.15, -0.1) is 0 Å². The lowest BCUT2D eigenvalue weighted by Crippen LogP contribution is -2.47. The van der Waals surface area contributed by atoms with Gasteiger partial charge in [-0.1, -0.05) is 18.2 Å². The van der Waals surface area contributed by atoms with Gasteiger partial charge in [-0.3, -0.25) is 23.7 Å². The van der Waals surface area contributed by atoms with Crippen LogP contribution in [0.5, 0.6) is 5.75 Å². The van der Waals surface area contributed by atoms with Crippen LogP contribution in [0.25, 0.3) is 0 Å². The van der Waals surface area contributed by atoms with Crippen molar-refractivity contribution < 1.29 is 40.8 Å². The molecule has 1 unspecified atom stereocenters. The van der Waals surface area contributed by atoms with Crippen LogP contribution >= 0.6 is 7.75 Å². The monoisotopic (exact) mass is 529 g/mol. The van der Waals surface area contributed by atoms with Crippen molar-refractivity contribution in [1.82, 2.24) is 14.6 Å². The number of ether oxygens (including phenoxy) is 2. The number of benzene rings is 1. The normalized spacial score (nSPS) is 27.6. The molecule has 0 radical (unpaired) electrons. The van der Waals surface area contributed by atoms with Gasteiger partial charge in [0.25, 0.3) is 5.56 Å². The van der Waals surface area contributed by atoms with Crippen molar-refractivity contribution in [2.45, 2.75) is 63.9 Å². The summed E-state index contributed by atoms with van der Waals surface area (Å²) in [6.45, 7) is 2.46. The van der Waals surface area contributed by atoms with Gasteiger partial charge in [0.05, 0.1) is 15.4 Å². The van der Waals surface area contributed by atoms with Crippen LogP contribution in [0.3, 0.4) is 0 Å². The van der Waals surface area contributed by atoms with E-state index in [4.69, 9.17) is 21.3 Å². The quantitative estimate of drug-likeness (QED) is 0.251. The third kappa shape index (κ3) is 6.49. The minimum Gasteiger partial charge on any atom is -0.462 e. The number of rotatable bonds is 10. The highest BCUT2D eigenvalue weighted by Gasteiger charge is 2.54. The first kappa shape index (κ1) is 24.9. The van der Waals surface area contributed by atoms with E-state index in [2.05, 4.69) is 5.09 Å². The number of nitrogens with one attached hydrogen (secondary N) is 2. The Labute approximate surface area is 209 Å². The molecule has 14 heteroatoms. The summed E-state index contributed by atoms with van der Waals surface area (Å²) < 4.78 is 52.7. The molecule has 0 spiro atoms. The summed E-state index contributed by atoms with van der Waals surface area (Å²) in [5.41, 5.74) is -3.99. The summed E-state index contributed by atoms with van der Waals surface area (Å²) in [6, 6.07) is 7.26. The predicted molar refractivity (Wildman–Crippen MR) is 126 cm³/mol. The zero-order valence-electron chi connectivity index (χ0n) is 22.0. The van der Waals surface area contributed by atoms with Gasteiger partial charge in [-0.25, -0.2) is 9.36 Å². The zero-order chi connectivity index (χ0) is 28.5. The molecule has 3 rings (SSSR count). The van der Waals surface area contributed by atoms with Crippen molar-refractivity contribution in [3.05, 3.63) is 63.4 Å². The van der Waals surface area contributed by atoms with Crippen LogP contribution < -0.4 is 20.9 Å². The lowest BCUT2D eigenvalue weighted by molar-refractivity contribution is -0.149. The molecule has 1 aliphatic rings. The number of esters is 1. The minimum atomic E-state index is -4.76. The Hall–Kier alpha value is -2.80. The molecule has 13 nitrogen and oxygen atoms in total. The first-order chi connectivity index (χ1) is 17.6. The third-order valence-corrected chi connectivity index (χ3v) is 6.58. The molecule has 1 aromatic carbocycles. The van der Waals surface area contributed by atoms with Crippen LogP contribution in [0.1, 0.15) is 36.7 Å². The second kappa shape index (κ2) is 11.1. The van der Waals surface area contributed by atoms with Crippen LogP contribution in [0.15, 0.2) is 52.2 Å². The summed E-state index contributed by atoms with van der Waals surface area (Å²) in [5.74, 6) is -0.820. The highest BCUT2D eigenvalue weighted by Crippen LogP contribution is 2.46. The second-order valence-corrected chi connectivity index (χ2v) is 10.2. The fourth-order valence-corrected chi connectivity index (χ4v) is 4.66. The molecule has 1 aromatic heterocycles. The molecule has 36 heavy (non-hydrogen) atoms.